The van der Waals surface area contributed by atoms with E-state index in [1.807, 2.05) is 31.2 Å². The highest BCUT2D eigenvalue weighted by Gasteiger charge is 2.54. The van der Waals surface area contributed by atoms with Crippen LogP contribution in [0.25, 0.3) is 0 Å². The highest BCUT2D eigenvalue weighted by Crippen LogP contribution is 2.40. The van der Waals surface area contributed by atoms with E-state index in [-0.39, 0.29) is 0 Å². The predicted octanol–water partition coefficient (Wildman–Crippen LogP) is 4.66. The Hall–Kier alpha value is -2.34. The van der Waals surface area contributed by atoms with Crippen molar-refractivity contribution in [2.45, 2.75) is 44.5 Å². The molecule has 4 rings (SSSR count). The minimum atomic E-state index is -4.43. The smallest absolute Gasteiger partial charge is 0.346 e. The summed E-state index contributed by atoms with van der Waals surface area (Å²) in [5, 5.41) is 11.8. The standard InChI is InChI=1S/C22H24F3N2O/c1-16-9-11-17(12-10-16)21(28)15-26-13-4-2-3-8-20(26)27(21)19-7-5-6-18(14-19)22(23,24)25/h5-7,9-12,14,28H,2-4,8,13,15H2,1H3/q+1/t21-/m0/s1. The molecule has 0 radical (unpaired) electrons. The van der Waals surface area contributed by atoms with E-state index < -0.39 is 17.5 Å². The molecule has 3 nitrogen and oxygen atoms in total. The summed E-state index contributed by atoms with van der Waals surface area (Å²) in [7, 11) is 0. The quantitative estimate of drug-likeness (QED) is 0.756. The summed E-state index contributed by atoms with van der Waals surface area (Å²) < 4.78 is 42.1. The van der Waals surface area contributed by atoms with Crippen LogP contribution in [0.2, 0.25) is 0 Å². The van der Waals surface area contributed by atoms with E-state index >= 15 is 0 Å². The molecule has 0 aromatic heterocycles. The molecule has 2 aromatic rings. The second kappa shape index (κ2) is 6.92. The van der Waals surface area contributed by atoms with E-state index in [1.165, 1.54) is 6.07 Å². The SMILES string of the molecule is Cc1ccc([C@@]2(O)C[N+]3=C(CCCCC3)N2c2cccc(C(F)(F)F)c2)cc1. The van der Waals surface area contributed by atoms with Crippen LogP contribution >= 0.6 is 0 Å². The Morgan fingerprint density at radius 3 is 2.50 bits per heavy atom. The molecule has 0 aliphatic carbocycles. The van der Waals surface area contributed by atoms with Gasteiger partial charge < -0.3 is 5.11 Å². The van der Waals surface area contributed by atoms with E-state index in [2.05, 4.69) is 4.58 Å². The van der Waals surface area contributed by atoms with Gasteiger partial charge in [-0.25, -0.2) is 0 Å². The number of aliphatic hydroxyl groups is 1. The van der Waals surface area contributed by atoms with Gasteiger partial charge in [-0.2, -0.15) is 18.1 Å². The second-order valence-electron chi connectivity index (χ2n) is 7.71. The first kappa shape index (κ1) is 19.0. The molecule has 148 valence electrons. The summed E-state index contributed by atoms with van der Waals surface area (Å²) in [6.07, 6.45) is -0.621. The Balaban J connectivity index is 1.85. The largest absolute Gasteiger partial charge is 0.416 e. The molecule has 0 unspecified atom stereocenters. The van der Waals surface area contributed by atoms with E-state index in [0.717, 1.165) is 55.8 Å². The lowest BCUT2D eigenvalue weighted by Gasteiger charge is -2.29. The first-order chi connectivity index (χ1) is 13.3. The van der Waals surface area contributed by atoms with Crippen molar-refractivity contribution in [1.82, 2.24) is 0 Å². The number of aryl methyl sites for hydroxylation is 1. The van der Waals surface area contributed by atoms with Crippen molar-refractivity contribution in [2.24, 2.45) is 0 Å². The molecule has 2 aliphatic heterocycles. The zero-order valence-corrected chi connectivity index (χ0v) is 15.8. The fraction of sp³-hybridized carbons (Fsp3) is 0.409. The van der Waals surface area contributed by atoms with Crippen LogP contribution in [0.5, 0.6) is 0 Å². The average Bonchev–Trinajstić information content (AvgIpc) is 2.78. The van der Waals surface area contributed by atoms with Crippen LogP contribution < -0.4 is 4.90 Å². The Labute approximate surface area is 162 Å². The van der Waals surface area contributed by atoms with Gasteiger partial charge in [-0.05, 0) is 44.4 Å². The van der Waals surface area contributed by atoms with Gasteiger partial charge in [0.2, 0.25) is 0 Å². The topological polar surface area (TPSA) is 26.5 Å². The van der Waals surface area contributed by atoms with Crippen molar-refractivity contribution in [3.05, 3.63) is 65.2 Å². The Bertz CT molecular complexity index is 905. The molecule has 0 saturated carbocycles. The fourth-order valence-corrected chi connectivity index (χ4v) is 4.25. The highest BCUT2D eigenvalue weighted by molar-refractivity contribution is 5.97. The summed E-state index contributed by atoms with van der Waals surface area (Å²) in [5.74, 6) is 0.903. The van der Waals surface area contributed by atoms with Gasteiger partial charge in [0, 0.05) is 12.0 Å². The second-order valence-corrected chi connectivity index (χ2v) is 7.71. The van der Waals surface area contributed by atoms with E-state index in [1.54, 1.807) is 11.0 Å². The molecule has 28 heavy (non-hydrogen) atoms. The van der Waals surface area contributed by atoms with Crippen LogP contribution in [0.3, 0.4) is 0 Å². The maximum atomic E-state index is 13.3. The number of anilines is 1. The molecular weight excluding hydrogens is 365 g/mol. The van der Waals surface area contributed by atoms with Crippen LogP contribution in [0.4, 0.5) is 18.9 Å². The normalized spacial score (nSPS) is 23.0. The van der Waals surface area contributed by atoms with Gasteiger partial charge in [-0.3, -0.25) is 4.58 Å². The summed E-state index contributed by atoms with van der Waals surface area (Å²) in [6, 6.07) is 12.8. The van der Waals surface area contributed by atoms with E-state index in [0.29, 0.717) is 17.8 Å². The molecule has 2 aliphatic rings. The van der Waals surface area contributed by atoms with Crippen LogP contribution in [0, 0.1) is 6.92 Å². The molecule has 1 N–H and O–H groups in total. The Kier molecular flexibility index (Phi) is 4.70. The minimum absolute atomic E-state index is 0.349. The zero-order chi connectivity index (χ0) is 19.9. The van der Waals surface area contributed by atoms with E-state index in [4.69, 9.17) is 0 Å². The number of hydrogen-bond donors (Lipinski definition) is 1. The van der Waals surface area contributed by atoms with Gasteiger partial charge in [-0.1, -0.05) is 35.9 Å². The first-order valence-corrected chi connectivity index (χ1v) is 9.67. The lowest BCUT2D eigenvalue weighted by atomic mass is 9.98. The number of amidine groups is 1. The molecule has 0 saturated heterocycles. The van der Waals surface area contributed by atoms with Gasteiger partial charge in [0.05, 0.1) is 12.1 Å². The van der Waals surface area contributed by atoms with Gasteiger partial charge in [0.15, 0.2) is 6.54 Å². The third-order valence-electron chi connectivity index (χ3n) is 5.68. The monoisotopic (exact) mass is 389 g/mol. The Morgan fingerprint density at radius 1 is 1.04 bits per heavy atom. The maximum Gasteiger partial charge on any atom is 0.416 e. The lowest BCUT2D eigenvalue weighted by Crippen LogP contribution is -2.47. The molecule has 2 heterocycles. The van der Waals surface area contributed by atoms with Gasteiger partial charge in [-0.15, -0.1) is 0 Å². The van der Waals surface area contributed by atoms with Crippen molar-refractivity contribution in [3.8, 4) is 0 Å². The van der Waals surface area contributed by atoms with Crippen molar-refractivity contribution in [1.29, 1.82) is 0 Å². The summed E-state index contributed by atoms with van der Waals surface area (Å²) >= 11 is 0. The van der Waals surface area contributed by atoms with Crippen LogP contribution in [-0.2, 0) is 11.9 Å². The molecule has 0 bridgehead atoms. The molecule has 1 atom stereocenters. The number of rotatable bonds is 2. The third-order valence-corrected chi connectivity index (χ3v) is 5.68. The Morgan fingerprint density at radius 2 is 1.79 bits per heavy atom. The molecule has 0 spiro atoms. The van der Waals surface area contributed by atoms with Crippen LogP contribution in [-0.4, -0.2) is 28.6 Å². The zero-order valence-electron chi connectivity index (χ0n) is 15.8. The molecule has 0 fully saturated rings. The first-order valence-electron chi connectivity index (χ1n) is 9.67. The summed E-state index contributed by atoms with van der Waals surface area (Å²) in [6.45, 7) is 3.12. The number of halogens is 3. The number of alkyl halides is 3. The number of nitrogens with zero attached hydrogens (tertiary/aromatic N) is 2. The van der Waals surface area contributed by atoms with Crippen molar-refractivity contribution in [2.75, 3.05) is 18.0 Å². The van der Waals surface area contributed by atoms with Crippen molar-refractivity contribution >= 4 is 11.5 Å². The predicted molar refractivity (Wildman–Crippen MR) is 102 cm³/mol. The van der Waals surface area contributed by atoms with Crippen molar-refractivity contribution in [3.63, 3.8) is 0 Å². The summed E-state index contributed by atoms with van der Waals surface area (Å²) in [5.41, 5.74) is 0.0281. The van der Waals surface area contributed by atoms with Crippen LogP contribution in [0.15, 0.2) is 48.5 Å². The van der Waals surface area contributed by atoms with E-state index in [9.17, 15) is 18.3 Å². The minimum Gasteiger partial charge on any atom is -0.346 e. The number of hydrogen-bond acceptors (Lipinski definition) is 2. The molecular formula is C22H24F3N2O+. The molecule has 0 amide bonds. The highest BCUT2D eigenvalue weighted by atomic mass is 19.4. The molecule has 6 heteroatoms. The maximum absolute atomic E-state index is 13.3. The van der Waals surface area contributed by atoms with Gasteiger partial charge >= 0.3 is 6.18 Å². The molecule has 2 aromatic carbocycles. The average molecular weight is 389 g/mol. The van der Waals surface area contributed by atoms with Gasteiger partial charge in [0.25, 0.3) is 11.6 Å². The van der Waals surface area contributed by atoms with Crippen molar-refractivity contribution < 1.29 is 22.9 Å². The summed E-state index contributed by atoms with van der Waals surface area (Å²) in [4.78, 5) is 1.72. The number of benzene rings is 2. The van der Waals surface area contributed by atoms with Gasteiger partial charge in [0.1, 0.15) is 5.69 Å². The lowest BCUT2D eigenvalue weighted by molar-refractivity contribution is -0.534. The van der Waals surface area contributed by atoms with Crippen LogP contribution in [0.1, 0.15) is 42.4 Å². The fourth-order valence-electron chi connectivity index (χ4n) is 4.25. The third kappa shape index (κ3) is 3.30.